The normalized spacial score (nSPS) is 34.4. The van der Waals surface area contributed by atoms with Crippen LogP contribution < -0.4 is 10.6 Å². The number of nitrogens with zero attached hydrogens (tertiary/aromatic N) is 1. The zero-order valence-corrected chi connectivity index (χ0v) is 10.2. The average Bonchev–Trinajstić information content (AvgIpc) is 3.06. The summed E-state index contributed by atoms with van der Waals surface area (Å²) in [7, 11) is 1.87. The van der Waals surface area contributed by atoms with Gasteiger partial charge in [-0.15, -0.1) is 0 Å². The van der Waals surface area contributed by atoms with E-state index in [0.717, 1.165) is 30.3 Å². The Morgan fingerprint density at radius 3 is 2.62 bits per heavy atom. The van der Waals surface area contributed by atoms with Crippen LogP contribution in [-0.4, -0.2) is 25.6 Å². The highest BCUT2D eigenvalue weighted by molar-refractivity contribution is 5.80. The Kier molecular flexibility index (Phi) is 2.78. The van der Waals surface area contributed by atoms with Gasteiger partial charge in [-0.3, -0.25) is 4.99 Å². The molecule has 16 heavy (non-hydrogen) atoms. The zero-order valence-electron chi connectivity index (χ0n) is 10.2. The molecule has 0 aromatic rings. The SMILES string of the molecule is CN=C(NC[C@@H]1C[C@H]1C1CCC1)NC1CC1. The fraction of sp³-hybridized carbons (Fsp3) is 0.923. The Labute approximate surface area is 98.1 Å². The van der Waals surface area contributed by atoms with Crippen LogP contribution in [0.5, 0.6) is 0 Å². The van der Waals surface area contributed by atoms with Gasteiger partial charge in [-0.2, -0.15) is 0 Å². The summed E-state index contributed by atoms with van der Waals surface area (Å²) < 4.78 is 0. The Morgan fingerprint density at radius 2 is 2.06 bits per heavy atom. The molecule has 0 radical (unpaired) electrons. The Balaban J connectivity index is 1.36. The van der Waals surface area contributed by atoms with Gasteiger partial charge in [-0.1, -0.05) is 19.3 Å². The standard InChI is InChI=1S/C13H23N3/c1-14-13(16-11-5-6-11)15-8-10-7-12(10)9-3-2-4-9/h9-12H,2-8H2,1H3,(H2,14,15,16)/t10-,12-/m0/s1. The lowest BCUT2D eigenvalue weighted by molar-refractivity contribution is 0.265. The minimum Gasteiger partial charge on any atom is -0.356 e. The minimum absolute atomic E-state index is 0.702. The van der Waals surface area contributed by atoms with Crippen molar-refractivity contribution in [1.29, 1.82) is 0 Å². The van der Waals surface area contributed by atoms with E-state index >= 15 is 0 Å². The van der Waals surface area contributed by atoms with Crippen LogP contribution in [0.1, 0.15) is 38.5 Å². The number of rotatable bonds is 4. The second-order valence-electron chi connectivity index (χ2n) is 5.72. The molecule has 0 unspecified atom stereocenters. The number of guanidine groups is 1. The molecule has 3 heteroatoms. The number of nitrogens with one attached hydrogen (secondary N) is 2. The van der Waals surface area contributed by atoms with E-state index < -0.39 is 0 Å². The molecular formula is C13H23N3. The molecule has 0 saturated heterocycles. The summed E-state index contributed by atoms with van der Waals surface area (Å²) in [6.07, 6.45) is 8.56. The maximum absolute atomic E-state index is 4.27. The van der Waals surface area contributed by atoms with E-state index in [1.54, 1.807) is 0 Å². The average molecular weight is 221 g/mol. The summed E-state index contributed by atoms with van der Waals surface area (Å²) in [6.45, 7) is 1.13. The lowest BCUT2D eigenvalue weighted by Crippen LogP contribution is -2.39. The van der Waals surface area contributed by atoms with Gasteiger partial charge in [0.2, 0.25) is 0 Å². The minimum atomic E-state index is 0.702. The number of hydrogen-bond acceptors (Lipinski definition) is 1. The molecule has 0 aromatic carbocycles. The monoisotopic (exact) mass is 221 g/mol. The first-order valence-corrected chi connectivity index (χ1v) is 6.84. The Hall–Kier alpha value is -0.730. The molecule has 0 aliphatic heterocycles. The van der Waals surface area contributed by atoms with E-state index in [9.17, 15) is 0 Å². The second kappa shape index (κ2) is 4.27. The molecule has 0 heterocycles. The molecule has 90 valence electrons. The largest absolute Gasteiger partial charge is 0.356 e. The lowest BCUT2D eigenvalue weighted by Gasteiger charge is -2.25. The van der Waals surface area contributed by atoms with Crippen molar-refractivity contribution in [3.05, 3.63) is 0 Å². The van der Waals surface area contributed by atoms with Crippen LogP contribution in [0.2, 0.25) is 0 Å². The second-order valence-corrected chi connectivity index (χ2v) is 5.72. The third kappa shape index (κ3) is 2.33. The maximum atomic E-state index is 4.27. The highest BCUT2D eigenvalue weighted by atomic mass is 15.2. The summed E-state index contributed by atoms with van der Waals surface area (Å²) in [4.78, 5) is 4.27. The summed E-state index contributed by atoms with van der Waals surface area (Å²) >= 11 is 0. The Bertz CT molecular complexity index is 279. The van der Waals surface area contributed by atoms with Gasteiger partial charge in [0, 0.05) is 19.6 Å². The van der Waals surface area contributed by atoms with Gasteiger partial charge < -0.3 is 10.6 Å². The fourth-order valence-electron chi connectivity index (χ4n) is 2.79. The van der Waals surface area contributed by atoms with Crippen molar-refractivity contribution in [1.82, 2.24) is 10.6 Å². The molecule has 0 aromatic heterocycles. The lowest BCUT2D eigenvalue weighted by atomic mass is 9.81. The quantitative estimate of drug-likeness (QED) is 0.560. The summed E-state index contributed by atoms with van der Waals surface area (Å²) in [5.41, 5.74) is 0. The van der Waals surface area contributed by atoms with Crippen molar-refractivity contribution in [3.8, 4) is 0 Å². The van der Waals surface area contributed by atoms with Crippen molar-refractivity contribution in [2.24, 2.45) is 22.7 Å². The zero-order chi connectivity index (χ0) is 11.0. The smallest absolute Gasteiger partial charge is 0.191 e. The van der Waals surface area contributed by atoms with Gasteiger partial charge in [-0.25, -0.2) is 0 Å². The number of hydrogen-bond donors (Lipinski definition) is 2. The van der Waals surface area contributed by atoms with Gasteiger partial charge in [0.05, 0.1) is 0 Å². The molecule has 3 aliphatic carbocycles. The van der Waals surface area contributed by atoms with Crippen molar-refractivity contribution >= 4 is 5.96 Å². The van der Waals surface area contributed by atoms with Crippen LogP contribution >= 0.6 is 0 Å². The third-order valence-corrected chi connectivity index (χ3v) is 4.41. The van der Waals surface area contributed by atoms with Crippen molar-refractivity contribution < 1.29 is 0 Å². The van der Waals surface area contributed by atoms with Gasteiger partial charge >= 0.3 is 0 Å². The molecule has 2 atom stereocenters. The van der Waals surface area contributed by atoms with Gasteiger partial charge in [0.25, 0.3) is 0 Å². The van der Waals surface area contributed by atoms with E-state index in [-0.39, 0.29) is 0 Å². The van der Waals surface area contributed by atoms with Crippen LogP contribution in [0.15, 0.2) is 4.99 Å². The molecule has 2 N–H and O–H groups in total. The van der Waals surface area contributed by atoms with E-state index in [4.69, 9.17) is 0 Å². The van der Waals surface area contributed by atoms with E-state index in [1.807, 2.05) is 7.05 Å². The van der Waals surface area contributed by atoms with Gasteiger partial charge in [0.15, 0.2) is 5.96 Å². The first kappa shape index (κ1) is 10.4. The van der Waals surface area contributed by atoms with Crippen LogP contribution in [0.25, 0.3) is 0 Å². The first-order valence-electron chi connectivity index (χ1n) is 6.84. The molecule has 3 aliphatic rings. The fourth-order valence-corrected chi connectivity index (χ4v) is 2.79. The predicted octanol–water partition coefficient (Wildman–Crippen LogP) is 1.75. The van der Waals surface area contributed by atoms with Crippen molar-refractivity contribution in [2.45, 2.75) is 44.6 Å². The highest BCUT2D eigenvalue weighted by Crippen LogP contribution is 2.51. The summed E-state index contributed by atoms with van der Waals surface area (Å²) in [5, 5.41) is 6.91. The van der Waals surface area contributed by atoms with Crippen LogP contribution in [0.3, 0.4) is 0 Å². The molecule has 0 spiro atoms. The molecule has 3 rings (SSSR count). The van der Waals surface area contributed by atoms with Gasteiger partial charge in [-0.05, 0) is 37.0 Å². The van der Waals surface area contributed by atoms with E-state index in [0.29, 0.717) is 6.04 Å². The van der Waals surface area contributed by atoms with Crippen LogP contribution in [-0.2, 0) is 0 Å². The topological polar surface area (TPSA) is 36.4 Å². The molecule has 3 fully saturated rings. The molecule has 3 saturated carbocycles. The molecule has 0 bridgehead atoms. The predicted molar refractivity (Wildman–Crippen MR) is 66.5 cm³/mol. The van der Waals surface area contributed by atoms with Crippen molar-refractivity contribution in [2.75, 3.05) is 13.6 Å². The van der Waals surface area contributed by atoms with Gasteiger partial charge in [0.1, 0.15) is 0 Å². The summed E-state index contributed by atoms with van der Waals surface area (Å²) in [5.74, 6) is 4.07. The first-order chi connectivity index (χ1) is 7.86. The summed E-state index contributed by atoms with van der Waals surface area (Å²) in [6, 6.07) is 0.702. The van der Waals surface area contributed by atoms with Crippen LogP contribution in [0, 0.1) is 17.8 Å². The maximum Gasteiger partial charge on any atom is 0.191 e. The van der Waals surface area contributed by atoms with Crippen LogP contribution in [0.4, 0.5) is 0 Å². The molecule has 0 amide bonds. The van der Waals surface area contributed by atoms with E-state index in [2.05, 4.69) is 15.6 Å². The molecule has 3 nitrogen and oxygen atoms in total. The molecular weight excluding hydrogens is 198 g/mol. The Morgan fingerprint density at radius 1 is 1.25 bits per heavy atom. The van der Waals surface area contributed by atoms with E-state index in [1.165, 1.54) is 38.5 Å². The highest BCUT2D eigenvalue weighted by Gasteiger charge is 2.44. The third-order valence-electron chi connectivity index (χ3n) is 4.41. The number of aliphatic imine (C=N–C) groups is 1. The van der Waals surface area contributed by atoms with Crippen molar-refractivity contribution in [3.63, 3.8) is 0 Å².